The number of para-hydroxylation sites is 1. The van der Waals surface area contributed by atoms with Gasteiger partial charge in [-0.15, -0.1) is 0 Å². The number of carbonyl (C=O) groups excluding carboxylic acids is 3. The molecular formula is C32H41N6O10P. The molecule has 2 aromatic heterocycles. The highest BCUT2D eigenvalue weighted by Gasteiger charge is 2.62. The van der Waals surface area contributed by atoms with Crippen LogP contribution < -0.4 is 15.3 Å². The van der Waals surface area contributed by atoms with E-state index in [1.165, 1.54) is 29.9 Å². The molecule has 6 atom stereocenters. The second kappa shape index (κ2) is 15.3. The predicted octanol–water partition coefficient (Wildman–Crippen LogP) is 3.91. The number of carbonyl (C=O) groups is 3. The van der Waals surface area contributed by atoms with Crippen molar-refractivity contribution in [2.75, 3.05) is 12.3 Å². The molecule has 1 aliphatic heterocycles. The third kappa shape index (κ3) is 8.55. The summed E-state index contributed by atoms with van der Waals surface area (Å²) in [6.07, 6.45) is -3.57. The van der Waals surface area contributed by atoms with Crippen LogP contribution in [0.2, 0.25) is 0 Å². The minimum absolute atomic E-state index is 0.113. The molecule has 0 radical (unpaired) electrons. The first-order valence-corrected chi connectivity index (χ1v) is 17.2. The van der Waals surface area contributed by atoms with Crippen LogP contribution >= 0.6 is 7.75 Å². The molecule has 0 aliphatic carbocycles. The number of nitrogens with one attached hydrogen (secondary N) is 1. The average Bonchev–Trinajstić information content (AvgIpc) is 3.60. The maximum Gasteiger partial charge on any atom is 0.459 e. The first kappa shape index (κ1) is 37.3. The van der Waals surface area contributed by atoms with Crippen molar-refractivity contribution in [1.29, 1.82) is 5.26 Å². The Morgan fingerprint density at radius 1 is 1.02 bits per heavy atom. The number of nitrogen functional groups attached to an aromatic ring is 1. The quantitative estimate of drug-likeness (QED) is 0.138. The molecule has 1 aliphatic rings. The zero-order valence-corrected chi connectivity index (χ0v) is 29.2. The lowest BCUT2D eigenvalue weighted by Gasteiger charge is -2.31. The van der Waals surface area contributed by atoms with Crippen molar-refractivity contribution in [1.82, 2.24) is 19.7 Å². The summed E-state index contributed by atoms with van der Waals surface area (Å²) in [5, 5.41) is 17.6. The van der Waals surface area contributed by atoms with E-state index in [0.29, 0.717) is 5.52 Å². The maximum absolute atomic E-state index is 14.3. The van der Waals surface area contributed by atoms with E-state index >= 15 is 0 Å². The summed E-state index contributed by atoms with van der Waals surface area (Å²) in [5.74, 6) is -3.18. The Kier molecular flexibility index (Phi) is 11.7. The summed E-state index contributed by atoms with van der Waals surface area (Å²) in [6, 6.07) is 12.0. The van der Waals surface area contributed by atoms with Crippen LogP contribution in [0, 0.1) is 23.2 Å². The van der Waals surface area contributed by atoms with E-state index in [0.717, 1.165) is 0 Å². The molecule has 0 saturated carbocycles. The lowest BCUT2D eigenvalue weighted by atomic mass is 9.95. The molecule has 3 aromatic rings. The lowest BCUT2D eigenvalue weighted by molar-refractivity contribution is -0.173. The highest BCUT2D eigenvalue weighted by atomic mass is 31.2. The van der Waals surface area contributed by atoms with Crippen LogP contribution in [0.4, 0.5) is 5.82 Å². The van der Waals surface area contributed by atoms with Crippen LogP contribution in [-0.4, -0.2) is 69.1 Å². The zero-order valence-electron chi connectivity index (χ0n) is 28.3. The van der Waals surface area contributed by atoms with Gasteiger partial charge in [0.05, 0.1) is 23.6 Å². The number of nitrogens with two attached hydrogens (primary N) is 1. The number of aromatic nitrogens is 3. The van der Waals surface area contributed by atoms with Gasteiger partial charge in [-0.05, 0) is 45.0 Å². The molecule has 49 heavy (non-hydrogen) atoms. The molecular weight excluding hydrogens is 659 g/mol. The summed E-state index contributed by atoms with van der Waals surface area (Å²) in [7, 11) is -4.54. The van der Waals surface area contributed by atoms with E-state index in [1.807, 2.05) is 6.07 Å². The molecule has 1 fully saturated rings. The number of hydrogen-bond acceptors (Lipinski definition) is 14. The van der Waals surface area contributed by atoms with Crippen molar-refractivity contribution in [3.63, 3.8) is 0 Å². The topological polar surface area (TPSA) is 216 Å². The number of anilines is 1. The van der Waals surface area contributed by atoms with Crippen molar-refractivity contribution in [3.8, 4) is 11.8 Å². The van der Waals surface area contributed by atoms with Crippen LogP contribution in [0.5, 0.6) is 5.75 Å². The molecule has 4 rings (SSSR count). The second-order valence-electron chi connectivity index (χ2n) is 12.3. The van der Waals surface area contributed by atoms with Crippen LogP contribution in [0.25, 0.3) is 5.52 Å². The fourth-order valence-electron chi connectivity index (χ4n) is 4.77. The molecule has 264 valence electrons. The molecule has 3 heterocycles. The number of rotatable bonds is 14. The SMILES string of the molecule is CC(C)OC(=O)[C@H](C)NP(=O)(OC[C@@]1(C#N)O[C@@H](c2ccc3c(N)ncnn23)[C@H](OC(=O)C(C)C)[C@@H]1OC(=O)C(C)C)Oc1ccccc1. The van der Waals surface area contributed by atoms with Crippen molar-refractivity contribution >= 4 is 37.0 Å². The normalized spacial score (nSPS) is 22.4. The number of nitrogens with zero attached hydrogens (tertiary/aromatic N) is 4. The van der Waals surface area contributed by atoms with Crippen LogP contribution in [0.3, 0.4) is 0 Å². The number of benzene rings is 1. The third-order valence-corrected chi connectivity index (χ3v) is 8.92. The van der Waals surface area contributed by atoms with Gasteiger partial charge in [-0.2, -0.15) is 15.4 Å². The minimum atomic E-state index is -4.54. The summed E-state index contributed by atoms with van der Waals surface area (Å²) in [6.45, 7) is 10.2. The molecule has 0 amide bonds. The minimum Gasteiger partial charge on any atom is -0.462 e. The molecule has 0 bridgehead atoms. The van der Waals surface area contributed by atoms with Gasteiger partial charge in [-0.3, -0.25) is 18.9 Å². The van der Waals surface area contributed by atoms with Gasteiger partial charge in [0.2, 0.25) is 5.60 Å². The highest BCUT2D eigenvalue weighted by Crippen LogP contribution is 2.50. The predicted molar refractivity (Wildman–Crippen MR) is 173 cm³/mol. The maximum atomic E-state index is 14.3. The average molecular weight is 701 g/mol. The van der Waals surface area contributed by atoms with Crippen LogP contribution in [-0.2, 0) is 42.4 Å². The van der Waals surface area contributed by atoms with Gasteiger partial charge < -0.3 is 29.2 Å². The standard InChI is InChI=1S/C32H41N6O10P/c1-18(2)29(39)45-26-25(23-13-14-24-28(34)35-17-36-38(23)24)47-32(15-33,27(26)46-30(40)19(3)4)16-43-49(42,48-22-11-9-8-10-12-22)37-21(7)31(41)44-20(5)6/h8-14,17-21,25-27H,16H2,1-7H3,(H,37,42)(H2,34,35,36)/t21-,25-,26-,27-,32+,49?/m0/s1. The molecule has 1 saturated heterocycles. The van der Waals surface area contributed by atoms with Crippen molar-refractivity contribution in [2.24, 2.45) is 11.8 Å². The fraction of sp³-hybridized carbons (Fsp3) is 0.500. The van der Waals surface area contributed by atoms with E-state index in [9.17, 15) is 24.2 Å². The summed E-state index contributed by atoms with van der Waals surface area (Å²) >= 11 is 0. The van der Waals surface area contributed by atoms with Gasteiger partial charge in [0.1, 0.15) is 42.4 Å². The second-order valence-corrected chi connectivity index (χ2v) is 14.0. The summed E-state index contributed by atoms with van der Waals surface area (Å²) in [4.78, 5) is 42.9. The third-order valence-electron chi connectivity index (χ3n) is 7.30. The molecule has 17 heteroatoms. The summed E-state index contributed by atoms with van der Waals surface area (Å²) < 4.78 is 50.7. The van der Waals surface area contributed by atoms with Crippen LogP contribution in [0.15, 0.2) is 48.8 Å². The van der Waals surface area contributed by atoms with Crippen molar-refractivity contribution in [3.05, 3.63) is 54.5 Å². The van der Waals surface area contributed by atoms with Gasteiger partial charge in [0, 0.05) is 0 Å². The van der Waals surface area contributed by atoms with E-state index in [2.05, 4.69) is 15.2 Å². The Hall–Kier alpha value is -4.55. The van der Waals surface area contributed by atoms with Gasteiger partial charge >= 0.3 is 25.7 Å². The van der Waals surface area contributed by atoms with Crippen molar-refractivity contribution in [2.45, 2.75) is 84.5 Å². The van der Waals surface area contributed by atoms with Gasteiger partial charge in [0.15, 0.2) is 18.0 Å². The van der Waals surface area contributed by atoms with Gasteiger partial charge in [-0.25, -0.2) is 14.1 Å². The van der Waals surface area contributed by atoms with E-state index in [-0.39, 0.29) is 17.3 Å². The van der Waals surface area contributed by atoms with E-state index < -0.39 is 80.2 Å². The number of nitriles is 1. The van der Waals surface area contributed by atoms with E-state index in [4.69, 9.17) is 33.7 Å². The Bertz CT molecular complexity index is 1740. The first-order chi connectivity index (χ1) is 23.1. The molecule has 1 unspecified atom stereocenters. The number of ether oxygens (including phenoxy) is 4. The number of fused-ring (bicyclic) bond motifs is 1. The molecule has 16 nitrogen and oxygen atoms in total. The monoisotopic (exact) mass is 700 g/mol. The Morgan fingerprint density at radius 3 is 2.29 bits per heavy atom. The van der Waals surface area contributed by atoms with Gasteiger partial charge in [0.25, 0.3) is 0 Å². The van der Waals surface area contributed by atoms with E-state index in [1.54, 1.807) is 71.9 Å². The van der Waals surface area contributed by atoms with Crippen LogP contribution in [0.1, 0.15) is 60.3 Å². The summed E-state index contributed by atoms with van der Waals surface area (Å²) in [5.41, 5.74) is 4.47. The molecule has 0 spiro atoms. The Morgan fingerprint density at radius 2 is 1.67 bits per heavy atom. The largest absolute Gasteiger partial charge is 0.462 e. The number of esters is 3. The van der Waals surface area contributed by atoms with Gasteiger partial charge in [-0.1, -0.05) is 45.9 Å². The molecule has 3 N–H and O–H groups in total. The molecule has 1 aromatic carbocycles. The Balaban J connectivity index is 1.80. The smallest absolute Gasteiger partial charge is 0.459 e. The highest BCUT2D eigenvalue weighted by molar-refractivity contribution is 7.52. The lowest BCUT2D eigenvalue weighted by Crippen LogP contribution is -2.50. The first-order valence-electron chi connectivity index (χ1n) is 15.7. The van der Waals surface area contributed by atoms with Crippen molar-refractivity contribution < 1.29 is 46.9 Å². The number of hydrogen-bond donors (Lipinski definition) is 2. The Labute approximate surface area is 283 Å². The zero-order chi connectivity index (χ0) is 36.1. The fourth-order valence-corrected chi connectivity index (χ4v) is 6.29.